The Labute approximate surface area is 297 Å². The average Bonchev–Trinajstić information content (AvgIpc) is 3.14. The third kappa shape index (κ3) is 6.77. The smallest absolute Gasteiger partial charge is 0.416 e. The summed E-state index contributed by atoms with van der Waals surface area (Å²) in [5, 5.41) is 13.2. The largest absolute Gasteiger partial charge is 0.462 e. The van der Waals surface area contributed by atoms with Crippen LogP contribution in [0.15, 0.2) is 110 Å². The molecule has 5 aromatic carbocycles. The Balaban J connectivity index is 0.000000362. The van der Waals surface area contributed by atoms with Gasteiger partial charge >= 0.3 is 12.1 Å². The summed E-state index contributed by atoms with van der Waals surface area (Å²) in [4.78, 5) is 45.8. The van der Waals surface area contributed by atoms with E-state index in [1.54, 1.807) is 31.2 Å². The van der Waals surface area contributed by atoms with E-state index in [4.69, 9.17) is 4.74 Å². The number of nitrogens with zero attached hydrogens (tertiary/aromatic N) is 3. The number of aryl methyl sites for hydroxylation is 1. The number of ketones is 2. The van der Waals surface area contributed by atoms with Crippen LogP contribution in [0.5, 0.6) is 0 Å². The zero-order valence-corrected chi connectivity index (χ0v) is 28.4. The summed E-state index contributed by atoms with van der Waals surface area (Å²) >= 11 is 0. The molecule has 3 atom stereocenters. The summed E-state index contributed by atoms with van der Waals surface area (Å²) in [5.41, 5.74) is 3.22. The summed E-state index contributed by atoms with van der Waals surface area (Å²) in [6.07, 6.45) is -0.375. The van der Waals surface area contributed by atoms with Crippen molar-refractivity contribution in [2.75, 3.05) is 6.61 Å². The normalized spacial score (nSPS) is 16.7. The fraction of sp³-hybridized carbons (Fsp3) is 0.190. The van der Waals surface area contributed by atoms with Crippen LogP contribution in [0.4, 0.5) is 13.2 Å². The fourth-order valence-corrected chi connectivity index (χ4v) is 7.08. The number of hydrogen-bond donors (Lipinski definition) is 0. The van der Waals surface area contributed by atoms with Gasteiger partial charge in [0.15, 0.2) is 5.78 Å². The first kappa shape index (κ1) is 35.6. The van der Waals surface area contributed by atoms with E-state index in [1.165, 1.54) is 37.8 Å². The van der Waals surface area contributed by atoms with Crippen LogP contribution in [0, 0.1) is 24.2 Å². The number of alkyl halides is 3. The molecular formula is C42H32F3N3O4. The first-order valence-corrected chi connectivity index (χ1v) is 16.5. The van der Waals surface area contributed by atoms with E-state index in [2.05, 4.69) is 16.0 Å². The van der Waals surface area contributed by atoms with E-state index in [9.17, 15) is 32.8 Å². The highest BCUT2D eigenvalue weighted by molar-refractivity contribution is 6.14. The number of aromatic nitrogens is 2. The molecule has 0 saturated heterocycles. The molecule has 6 aromatic rings. The highest BCUT2D eigenvalue weighted by atomic mass is 19.4. The summed E-state index contributed by atoms with van der Waals surface area (Å²) in [7, 11) is 0. The Kier molecular flexibility index (Phi) is 9.97. The van der Waals surface area contributed by atoms with E-state index in [-0.39, 0.29) is 17.3 Å². The van der Waals surface area contributed by atoms with E-state index >= 15 is 0 Å². The Morgan fingerprint density at radius 1 is 0.846 bits per heavy atom. The molecule has 3 unspecified atom stereocenters. The van der Waals surface area contributed by atoms with Crippen LogP contribution in [-0.4, -0.2) is 34.1 Å². The minimum absolute atomic E-state index is 0.201. The van der Waals surface area contributed by atoms with Crippen molar-refractivity contribution in [3.8, 4) is 6.07 Å². The van der Waals surface area contributed by atoms with Gasteiger partial charge in [0.25, 0.3) is 0 Å². The number of esters is 1. The molecule has 0 spiro atoms. The van der Waals surface area contributed by atoms with Crippen LogP contribution in [-0.2, 0) is 20.5 Å². The van der Waals surface area contributed by atoms with Gasteiger partial charge in [-0.3, -0.25) is 9.59 Å². The zero-order valence-electron chi connectivity index (χ0n) is 28.4. The average molecular weight is 700 g/mol. The first-order chi connectivity index (χ1) is 24.9. The minimum atomic E-state index is -4.58. The molecule has 0 amide bonds. The van der Waals surface area contributed by atoms with E-state index in [0.717, 1.165) is 44.8 Å². The third-order valence-electron chi connectivity index (χ3n) is 9.33. The molecule has 0 bridgehead atoms. The number of hydrogen-bond acceptors (Lipinski definition) is 7. The number of nitriles is 1. The van der Waals surface area contributed by atoms with Gasteiger partial charge in [0.1, 0.15) is 12.1 Å². The molecule has 260 valence electrons. The predicted octanol–water partition coefficient (Wildman–Crippen LogP) is 8.90. The first-order valence-electron chi connectivity index (χ1n) is 16.5. The fourth-order valence-electron chi connectivity index (χ4n) is 7.08. The molecule has 1 aliphatic rings. The second-order valence-corrected chi connectivity index (χ2v) is 12.5. The summed E-state index contributed by atoms with van der Waals surface area (Å²) in [6, 6.07) is 27.5. The molecule has 0 saturated carbocycles. The maximum Gasteiger partial charge on any atom is 0.416 e. The Morgan fingerprint density at radius 3 is 2.15 bits per heavy atom. The number of halogens is 3. The summed E-state index contributed by atoms with van der Waals surface area (Å²) in [6.45, 7) is 5.48. The van der Waals surface area contributed by atoms with E-state index in [0.29, 0.717) is 28.9 Å². The van der Waals surface area contributed by atoms with E-state index < -0.39 is 35.3 Å². The van der Waals surface area contributed by atoms with Crippen molar-refractivity contribution in [3.63, 3.8) is 0 Å². The van der Waals surface area contributed by atoms with Crippen molar-refractivity contribution in [1.29, 1.82) is 5.26 Å². The van der Waals surface area contributed by atoms with Gasteiger partial charge in [-0.15, -0.1) is 0 Å². The monoisotopic (exact) mass is 699 g/mol. The maximum atomic E-state index is 14.3. The molecular weight excluding hydrogens is 667 g/mol. The standard InChI is InChI=1S/C35H24F3NO2.C7H8N2O2/c1-19-16-29-27(26-9-4-3-8-25(19)26)14-15-28-31(23-6-5-7-24(17-23)35(36,37)38)34(41)30(20(2)40)32(33(28)29)22-12-10-21(18-39)11-13-22;1-2-11-7(10)6-3-8-5-9-4-6/h3-17,30-32H,1-2H3;3-5H,2H2,1H3. The lowest BCUT2D eigenvalue weighted by molar-refractivity contribution is -0.138. The Hall–Kier alpha value is -6.21. The van der Waals surface area contributed by atoms with Crippen molar-refractivity contribution < 1.29 is 32.3 Å². The van der Waals surface area contributed by atoms with Crippen molar-refractivity contribution >= 4 is 39.1 Å². The number of rotatable bonds is 5. The van der Waals surface area contributed by atoms with Crippen LogP contribution in [0.3, 0.4) is 0 Å². The quantitative estimate of drug-likeness (QED) is 0.100. The van der Waals surface area contributed by atoms with Gasteiger partial charge < -0.3 is 4.74 Å². The van der Waals surface area contributed by atoms with Crippen LogP contribution in [0.2, 0.25) is 0 Å². The van der Waals surface area contributed by atoms with Gasteiger partial charge in [0.2, 0.25) is 0 Å². The Bertz CT molecular complexity index is 2370. The maximum absolute atomic E-state index is 14.3. The SMILES string of the molecule is CC(=O)C1C(=O)C(c2cccc(C(F)(F)F)c2)c2ccc3c(cc(C)c4ccccc43)c2C1c1ccc(C#N)cc1.CCOC(=O)c1cncnc1. The summed E-state index contributed by atoms with van der Waals surface area (Å²) in [5.74, 6) is -4.02. The molecule has 7 rings (SSSR count). The molecule has 0 radical (unpaired) electrons. The van der Waals surface area contributed by atoms with Crippen molar-refractivity contribution in [1.82, 2.24) is 9.97 Å². The second kappa shape index (κ2) is 14.6. The van der Waals surface area contributed by atoms with Gasteiger partial charge in [0.05, 0.1) is 41.2 Å². The lowest BCUT2D eigenvalue weighted by Crippen LogP contribution is -2.39. The van der Waals surface area contributed by atoms with Crippen LogP contribution < -0.4 is 0 Å². The van der Waals surface area contributed by atoms with Crippen LogP contribution in [0.25, 0.3) is 21.5 Å². The molecule has 0 N–H and O–H groups in total. The number of benzene rings is 5. The topological polar surface area (TPSA) is 110 Å². The van der Waals surface area contributed by atoms with Crippen molar-refractivity contribution in [2.24, 2.45) is 5.92 Å². The zero-order chi connectivity index (χ0) is 37.2. The third-order valence-corrected chi connectivity index (χ3v) is 9.33. The van der Waals surface area contributed by atoms with Crippen molar-refractivity contribution in [2.45, 2.75) is 38.8 Å². The predicted molar refractivity (Wildman–Crippen MR) is 190 cm³/mol. The van der Waals surface area contributed by atoms with Gasteiger partial charge in [-0.1, -0.05) is 72.8 Å². The minimum Gasteiger partial charge on any atom is -0.462 e. The molecule has 1 aromatic heterocycles. The molecule has 1 aliphatic carbocycles. The highest BCUT2D eigenvalue weighted by Crippen LogP contribution is 2.50. The Morgan fingerprint density at radius 2 is 1.52 bits per heavy atom. The van der Waals surface area contributed by atoms with Crippen LogP contribution >= 0.6 is 0 Å². The highest BCUT2D eigenvalue weighted by Gasteiger charge is 2.46. The van der Waals surface area contributed by atoms with Gasteiger partial charge in [-0.25, -0.2) is 14.8 Å². The number of carbonyl (C=O) groups is 3. The lowest BCUT2D eigenvalue weighted by atomic mass is 9.63. The molecule has 0 aliphatic heterocycles. The van der Waals surface area contributed by atoms with Crippen LogP contribution in [0.1, 0.15) is 75.0 Å². The van der Waals surface area contributed by atoms with E-state index in [1.807, 2.05) is 49.4 Å². The number of Topliss-reactive ketones (excluding diaryl/α,β-unsaturated/α-hetero) is 2. The number of carbonyl (C=O) groups excluding carboxylic acids is 3. The molecule has 52 heavy (non-hydrogen) atoms. The van der Waals surface area contributed by atoms with Gasteiger partial charge in [0, 0.05) is 18.3 Å². The second-order valence-electron chi connectivity index (χ2n) is 12.5. The van der Waals surface area contributed by atoms with Gasteiger partial charge in [-0.2, -0.15) is 18.4 Å². The summed E-state index contributed by atoms with van der Waals surface area (Å²) < 4.78 is 45.9. The van der Waals surface area contributed by atoms with Gasteiger partial charge in [-0.05, 0) is 88.3 Å². The lowest BCUT2D eigenvalue weighted by Gasteiger charge is -2.38. The molecule has 1 heterocycles. The number of ether oxygens (including phenoxy) is 1. The molecule has 10 heteroatoms. The molecule has 0 fully saturated rings. The van der Waals surface area contributed by atoms with Crippen molar-refractivity contribution in [3.05, 3.63) is 154 Å². The number of fused-ring (bicyclic) bond motifs is 5. The molecule has 7 nitrogen and oxygen atoms in total.